The van der Waals surface area contributed by atoms with E-state index < -0.39 is 0 Å². The normalized spacial score (nSPS) is 10.2. The van der Waals surface area contributed by atoms with Gasteiger partial charge in [-0.1, -0.05) is 23.7 Å². The third-order valence-electron chi connectivity index (χ3n) is 3.58. The van der Waals surface area contributed by atoms with Crippen molar-refractivity contribution in [2.24, 2.45) is 0 Å². The van der Waals surface area contributed by atoms with Crippen LogP contribution in [0.25, 0.3) is 11.1 Å². The quantitative estimate of drug-likeness (QED) is 0.714. The maximum atomic E-state index is 8.84. The Kier molecular flexibility index (Phi) is 4.74. The van der Waals surface area contributed by atoms with Gasteiger partial charge in [-0.25, -0.2) is 4.98 Å². The molecule has 0 saturated heterocycles. The fraction of sp³-hybridized carbons (Fsp3) is 0.105. The Labute approximate surface area is 145 Å². The molecule has 0 aliphatic heterocycles. The van der Waals surface area contributed by atoms with E-state index in [1.54, 1.807) is 25.6 Å². The Morgan fingerprint density at radius 1 is 1.12 bits per heavy atom. The SMILES string of the molecule is COc1ncc(Cc2ccc(C#N)cn2)cc1-c1cccc(Cl)c1. The topological polar surface area (TPSA) is 58.8 Å². The highest BCUT2D eigenvalue weighted by atomic mass is 35.5. The molecule has 0 aliphatic rings. The second-order valence-electron chi connectivity index (χ2n) is 5.24. The number of rotatable bonds is 4. The van der Waals surface area contributed by atoms with Gasteiger partial charge in [0.05, 0.1) is 12.7 Å². The summed E-state index contributed by atoms with van der Waals surface area (Å²) in [5.41, 5.74) is 4.25. The Morgan fingerprint density at radius 3 is 2.67 bits per heavy atom. The van der Waals surface area contributed by atoms with E-state index >= 15 is 0 Å². The van der Waals surface area contributed by atoms with Gasteiger partial charge in [-0.2, -0.15) is 5.26 Å². The number of aromatic nitrogens is 2. The zero-order valence-electron chi connectivity index (χ0n) is 13.0. The molecule has 0 N–H and O–H groups in total. The predicted molar refractivity (Wildman–Crippen MR) is 93.0 cm³/mol. The van der Waals surface area contributed by atoms with Crippen LogP contribution < -0.4 is 4.74 Å². The number of hydrogen-bond acceptors (Lipinski definition) is 4. The molecule has 118 valence electrons. The lowest BCUT2D eigenvalue weighted by atomic mass is 10.0. The van der Waals surface area contributed by atoms with Gasteiger partial charge in [-0.05, 0) is 41.5 Å². The molecule has 24 heavy (non-hydrogen) atoms. The summed E-state index contributed by atoms with van der Waals surface area (Å²) in [6.45, 7) is 0. The minimum atomic E-state index is 0.547. The van der Waals surface area contributed by atoms with Crippen molar-refractivity contribution in [2.75, 3.05) is 7.11 Å². The molecule has 0 amide bonds. The Hall–Kier alpha value is -2.90. The average Bonchev–Trinajstić information content (AvgIpc) is 2.62. The van der Waals surface area contributed by atoms with Gasteiger partial charge < -0.3 is 4.74 Å². The lowest BCUT2D eigenvalue weighted by Gasteiger charge is -2.10. The summed E-state index contributed by atoms with van der Waals surface area (Å²) in [6, 6.07) is 15.3. The summed E-state index contributed by atoms with van der Waals surface area (Å²) in [7, 11) is 1.60. The molecular weight excluding hydrogens is 322 g/mol. The first-order valence-corrected chi connectivity index (χ1v) is 7.71. The van der Waals surface area contributed by atoms with E-state index in [1.165, 1.54) is 0 Å². The van der Waals surface area contributed by atoms with Crippen LogP contribution in [0.1, 0.15) is 16.8 Å². The summed E-state index contributed by atoms with van der Waals surface area (Å²) in [4.78, 5) is 8.69. The number of nitrogens with zero attached hydrogens (tertiary/aromatic N) is 3. The summed E-state index contributed by atoms with van der Waals surface area (Å²) < 4.78 is 5.37. The average molecular weight is 336 g/mol. The first kappa shape index (κ1) is 16.0. The second kappa shape index (κ2) is 7.12. The van der Waals surface area contributed by atoms with E-state index in [1.807, 2.05) is 36.4 Å². The summed E-state index contributed by atoms with van der Waals surface area (Å²) >= 11 is 6.09. The van der Waals surface area contributed by atoms with Crippen molar-refractivity contribution >= 4 is 11.6 Å². The van der Waals surface area contributed by atoms with E-state index in [4.69, 9.17) is 21.6 Å². The van der Waals surface area contributed by atoms with Crippen LogP contribution >= 0.6 is 11.6 Å². The first-order valence-electron chi connectivity index (χ1n) is 7.33. The molecule has 2 heterocycles. The molecule has 0 spiro atoms. The van der Waals surface area contributed by atoms with E-state index in [9.17, 15) is 0 Å². The van der Waals surface area contributed by atoms with E-state index in [2.05, 4.69) is 16.0 Å². The van der Waals surface area contributed by atoms with Gasteiger partial charge in [0.25, 0.3) is 0 Å². The van der Waals surface area contributed by atoms with E-state index in [-0.39, 0.29) is 0 Å². The maximum Gasteiger partial charge on any atom is 0.221 e. The van der Waals surface area contributed by atoms with Crippen molar-refractivity contribution in [3.8, 4) is 23.1 Å². The number of halogens is 1. The van der Waals surface area contributed by atoms with Gasteiger partial charge in [-0.15, -0.1) is 0 Å². The van der Waals surface area contributed by atoms with Crippen LogP contribution in [0.15, 0.2) is 54.9 Å². The molecule has 5 heteroatoms. The third-order valence-corrected chi connectivity index (χ3v) is 3.81. The standard InChI is InChI=1S/C19H14ClN3O/c1-24-19-18(15-3-2-4-16(20)9-15)8-14(12-23-19)7-17-6-5-13(10-21)11-22-17/h2-6,8-9,11-12H,7H2,1H3. The van der Waals surface area contributed by atoms with Gasteiger partial charge in [-0.3, -0.25) is 4.98 Å². The van der Waals surface area contributed by atoms with Crippen LogP contribution in [-0.2, 0) is 6.42 Å². The monoisotopic (exact) mass is 335 g/mol. The van der Waals surface area contributed by atoms with Crippen LogP contribution in [0.2, 0.25) is 5.02 Å². The van der Waals surface area contributed by atoms with Crippen LogP contribution in [0, 0.1) is 11.3 Å². The molecule has 0 saturated carbocycles. The lowest BCUT2D eigenvalue weighted by molar-refractivity contribution is 0.399. The minimum Gasteiger partial charge on any atom is -0.481 e. The summed E-state index contributed by atoms with van der Waals surface area (Å²) in [6.07, 6.45) is 3.97. The van der Waals surface area contributed by atoms with Crippen LogP contribution in [0.4, 0.5) is 0 Å². The maximum absolute atomic E-state index is 8.84. The fourth-order valence-electron chi connectivity index (χ4n) is 2.42. The molecule has 3 aromatic rings. The number of pyridine rings is 2. The number of ether oxygens (including phenoxy) is 1. The van der Waals surface area contributed by atoms with Crippen LogP contribution in [-0.4, -0.2) is 17.1 Å². The molecule has 0 unspecified atom stereocenters. The zero-order chi connectivity index (χ0) is 16.9. The molecule has 4 nitrogen and oxygen atoms in total. The fourth-order valence-corrected chi connectivity index (χ4v) is 2.61. The van der Waals surface area contributed by atoms with Crippen LogP contribution in [0.5, 0.6) is 5.88 Å². The second-order valence-corrected chi connectivity index (χ2v) is 5.67. The number of nitriles is 1. The first-order chi connectivity index (χ1) is 11.7. The van der Waals surface area contributed by atoms with Gasteiger partial charge in [0.2, 0.25) is 5.88 Å². The molecule has 0 bridgehead atoms. The van der Waals surface area contributed by atoms with E-state index in [0.717, 1.165) is 22.4 Å². The van der Waals surface area contributed by atoms with Gasteiger partial charge >= 0.3 is 0 Å². The van der Waals surface area contributed by atoms with Crippen molar-refractivity contribution < 1.29 is 4.74 Å². The van der Waals surface area contributed by atoms with Gasteiger partial charge in [0.1, 0.15) is 6.07 Å². The summed E-state index contributed by atoms with van der Waals surface area (Å²) in [5.74, 6) is 0.550. The molecule has 2 aromatic heterocycles. The molecule has 0 radical (unpaired) electrons. The highest BCUT2D eigenvalue weighted by Crippen LogP contribution is 2.30. The lowest BCUT2D eigenvalue weighted by Crippen LogP contribution is -1.97. The molecule has 0 fully saturated rings. The molecule has 0 atom stereocenters. The highest BCUT2D eigenvalue weighted by Gasteiger charge is 2.10. The Morgan fingerprint density at radius 2 is 2.00 bits per heavy atom. The smallest absolute Gasteiger partial charge is 0.221 e. The van der Waals surface area contributed by atoms with Crippen molar-refractivity contribution in [2.45, 2.75) is 6.42 Å². The van der Waals surface area contributed by atoms with Gasteiger partial charge in [0.15, 0.2) is 0 Å². The van der Waals surface area contributed by atoms with Crippen LogP contribution in [0.3, 0.4) is 0 Å². The predicted octanol–water partition coefficient (Wildman–Crippen LogP) is 4.27. The molecular formula is C19H14ClN3O. The van der Waals surface area contributed by atoms with Crippen molar-refractivity contribution in [1.82, 2.24) is 9.97 Å². The van der Waals surface area contributed by atoms with Gasteiger partial charge in [0, 0.05) is 35.1 Å². The molecule has 1 aromatic carbocycles. The molecule has 3 rings (SSSR count). The third kappa shape index (κ3) is 3.53. The Balaban J connectivity index is 1.95. The van der Waals surface area contributed by atoms with E-state index in [0.29, 0.717) is 22.9 Å². The largest absolute Gasteiger partial charge is 0.481 e. The number of benzene rings is 1. The number of hydrogen-bond donors (Lipinski definition) is 0. The van der Waals surface area contributed by atoms with Crippen molar-refractivity contribution in [1.29, 1.82) is 5.26 Å². The van der Waals surface area contributed by atoms with Crippen molar-refractivity contribution in [3.05, 3.63) is 76.7 Å². The highest BCUT2D eigenvalue weighted by molar-refractivity contribution is 6.30. The zero-order valence-corrected chi connectivity index (χ0v) is 13.8. The molecule has 0 aliphatic carbocycles. The Bertz CT molecular complexity index is 901. The summed E-state index contributed by atoms with van der Waals surface area (Å²) in [5, 5.41) is 9.50. The number of methoxy groups -OCH3 is 1. The van der Waals surface area contributed by atoms with Crippen molar-refractivity contribution in [3.63, 3.8) is 0 Å². The minimum absolute atomic E-state index is 0.547.